The molecule has 0 unspecified atom stereocenters. The van der Waals surface area contributed by atoms with Crippen molar-refractivity contribution in [1.82, 2.24) is 0 Å². The van der Waals surface area contributed by atoms with Gasteiger partial charge in [0.15, 0.2) is 5.78 Å². The topological polar surface area (TPSA) is 92.7 Å². The SMILES string of the molecule is CC(=O)c1cc(O)ccc1NS(=O)(=O)C[C@@H]1CCCCO1. The summed E-state index contributed by atoms with van der Waals surface area (Å²) in [5, 5.41) is 9.40. The van der Waals surface area contributed by atoms with E-state index in [9.17, 15) is 18.3 Å². The van der Waals surface area contributed by atoms with Crippen LogP contribution in [-0.2, 0) is 14.8 Å². The monoisotopic (exact) mass is 313 g/mol. The normalized spacial score (nSPS) is 19.2. The number of rotatable bonds is 5. The van der Waals surface area contributed by atoms with E-state index in [4.69, 9.17) is 4.74 Å². The smallest absolute Gasteiger partial charge is 0.235 e. The molecule has 6 nitrogen and oxygen atoms in total. The summed E-state index contributed by atoms with van der Waals surface area (Å²) in [5.74, 6) is -0.540. The van der Waals surface area contributed by atoms with Crippen LogP contribution in [-0.4, -0.2) is 37.8 Å². The van der Waals surface area contributed by atoms with E-state index in [1.807, 2.05) is 0 Å². The van der Waals surface area contributed by atoms with Crippen molar-refractivity contribution in [3.05, 3.63) is 23.8 Å². The van der Waals surface area contributed by atoms with Gasteiger partial charge in [0.25, 0.3) is 0 Å². The van der Waals surface area contributed by atoms with Gasteiger partial charge < -0.3 is 9.84 Å². The molecule has 1 aliphatic rings. The number of sulfonamides is 1. The number of phenols is 1. The Morgan fingerprint density at radius 3 is 2.81 bits per heavy atom. The summed E-state index contributed by atoms with van der Waals surface area (Å²) >= 11 is 0. The number of benzene rings is 1. The van der Waals surface area contributed by atoms with E-state index in [-0.39, 0.29) is 34.6 Å². The molecule has 0 amide bonds. The van der Waals surface area contributed by atoms with Crippen LogP contribution >= 0.6 is 0 Å². The van der Waals surface area contributed by atoms with Gasteiger partial charge in [-0.3, -0.25) is 9.52 Å². The molecule has 0 spiro atoms. The molecule has 1 aromatic rings. The molecule has 0 radical (unpaired) electrons. The van der Waals surface area contributed by atoms with Crippen LogP contribution in [0.15, 0.2) is 18.2 Å². The number of anilines is 1. The largest absolute Gasteiger partial charge is 0.508 e. The second-order valence-electron chi connectivity index (χ2n) is 5.16. The first-order valence-electron chi connectivity index (χ1n) is 6.83. The molecule has 0 aliphatic carbocycles. The minimum Gasteiger partial charge on any atom is -0.508 e. The van der Waals surface area contributed by atoms with Crippen molar-refractivity contribution in [3.8, 4) is 5.75 Å². The van der Waals surface area contributed by atoms with Crippen molar-refractivity contribution in [2.75, 3.05) is 17.1 Å². The number of hydrogen-bond donors (Lipinski definition) is 2. The van der Waals surface area contributed by atoms with Crippen LogP contribution in [0.3, 0.4) is 0 Å². The van der Waals surface area contributed by atoms with Crippen LogP contribution in [0.1, 0.15) is 36.5 Å². The van der Waals surface area contributed by atoms with Crippen molar-refractivity contribution >= 4 is 21.5 Å². The lowest BCUT2D eigenvalue weighted by Gasteiger charge is -2.22. The summed E-state index contributed by atoms with van der Waals surface area (Å²) in [7, 11) is -3.61. The first-order chi connectivity index (χ1) is 9.87. The zero-order valence-electron chi connectivity index (χ0n) is 11.8. The van der Waals surface area contributed by atoms with Gasteiger partial charge in [-0.2, -0.15) is 0 Å². The summed E-state index contributed by atoms with van der Waals surface area (Å²) in [6, 6.07) is 3.96. The zero-order valence-corrected chi connectivity index (χ0v) is 12.6. The predicted octanol–water partition coefficient (Wildman–Crippen LogP) is 1.91. The predicted molar refractivity (Wildman–Crippen MR) is 79.1 cm³/mol. The lowest BCUT2D eigenvalue weighted by atomic mass is 10.1. The van der Waals surface area contributed by atoms with Crippen molar-refractivity contribution in [2.45, 2.75) is 32.3 Å². The van der Waals surface area contributed by atoms with E-state index in [0.29, 0.717) is 6.61 Å². The second-order valence-corrected chi connectivity index (χ2v) is 6.93. The lowest BCUT2D eigenvalue weighted by molar-refractivity contribution is 0.0306. The summed E-state index contributed by atoms with van der Waals surface area (Å²) in [6.07, 6.45) is 2.32. The third-order valence-electron chi connectivity index (χ3n) is 3.33. The second kappa shape index (κ2) is 6.44. The Kier molecular flexibility index (Phi) is 4.84. The molecule has 1 aromatic carbocycles. The average molecular weight is 313 g/mol. The lowest BCUT2D eigenvalue weighted by Crippen LogP contribution is -2.31. The molecule has 1 saturated heterocycles. The molecule has 2 rings (SSSR count). The first-order valence-corrected chi connectivity index (χ1v) is 8.49. The van der Waals surface area contributed by atoms with Crippen molar-refractivity contribution < 1.29 is 23.1 Å². The van der Waals surface area contributed by atoms with Gasteiger partial charge in [0.2, 0.25) is 10.0 Å². The van der Waals surface area contributed by atoms with Gasteiger partial charge in [-0.05, 0) is 44.4 Å². The van der Waals surface area contributed by atoms with E-state index in [0.717, 1.165) is 19.3 Å². The molecule has 1 fully saturated rings. The molecule has 1 atom stereocenters. The van der Waals surface area contributed by atoms with Gasteiger partial charge in [-0.15, -0.1) is 0 Å². The molecule has 0 aromatic heterocycles. The maximum atomic E-state index is 12.2. The minimum atomic E-state index is -3.61. The summed E-state index contributed by atoms with van der Waals surface area (Å²) in [4.78, 5) is 11.5. The van der Waals surface area contributed by atoms with Gasteiger partial charge in [-0.1, -0.05) is 0 Å². The number of carbonyl (C=O) groups is 1. The molecule has 0 saturated carbocycles. The van der Waals surface area contributed by atoms with Crippen LogP contribution < -0.4 is 4.72 Å². The Balaban J connectivity index is 2.14. The zero-order chi connectivity index (χ0) is 15.5. The summed E-state index contributed by atoms with van der Waals surface area (Å²) < 4.78 is 32.2. The molecule has 1 aliphatic heterocycles. The number of nitrogens with one attached hydrogen (secondary N) is 1. The Morgan fingerprint density at radius 1 is 1.43 bits per heavy atom. The molecule has 1 heterocycles. The van der Waals surface area contributed by atoms with Gasteiger partial charge in [0.05, 0.1) is 17.5 Å². The highest BCUT2D eigenvalue weighted by molar-refractivity contribution is 7.92. The van der Waals surface area contributed by atoms with Crippen LogP contribution in [0, 0.1) is 0 Å². The van der Waals surface area contributed by atoms with Gasteiger partial charge in [-0.25, -0.2) is 8.42 Å². The standard InChI is InChI=1S/C14H19NO5S/c1-10(16)13-8-11(17)5-6-14(13)15-21(18,19)9-12-4-2-3-7-20-12/h5-6,8,12,15,17H,2-4,7,9H2,1H3/t12-/m0/s1. The Labute approximate surface area is 124 Å². The number of ether oxygens (including phenoxy) is 1. The Bertz CT molecular complexity index is 620. The number of carbonyl (C=O) groups excluding carboxylic acids is 1. The fraction of sp³-hybridized carbons (Fsp3) is 0.500. The molecule has 0 bridgehead atoms. The fourth-order valence-corrected chi connectivity index (χ4v) is 3.65. The summed E-state index contributed by atoms with van der Waals surface area (Å²) in [6.45, 7) is 1.90. The van der Waals surface area contributed by atoms with E-state index in [1.54, 1.807) is 0 Å². The quantitative estimate of drug-likeness (QED) is 0.640. The molecular weight excluding hydrogens is 294 g/mol. The number of phenolic OH excluding ortho intramolecular Hbond substituents is 1. The van der Waals surface area contributed by atoms with Crippen LogP contribution in [0.5, 0.6) is 5.75 Å². The fourth-order valence-electron chi connectivity index (χ4n) is 2.31. The number of hydrogen-bond acceptors (Lipinski definition) is 5. The maximum Gasteiger partial charge on any atom is 0.235 e. The third kappa shape index (κ3) is 4.44. The number of aromatic hydroxyl groups is 1. The maximum absolute atomic E-state index is 12.2. The Morgan fingerprint density at radius 2 is 2.19 bits per heavy atom. The molecule has 7 heteroatoms. The van der Waals surface area contributed by atoms with Crippen LogP contribution in [0.2, 0.25) is 0 Å². The molecular formula is C14H19NO5S. The first kappa shape index (κ1) is 15.8. The molecule has 2 N–H and O–H groups in total. The highest BCUT2D eigenvalue weighted by Crippen LogP contribution is 2.23. The minimum absolute atomic E-state index is 0.0845. The summed E-state index contributed by atoms with van der Waals surface area (Å²) in [5.41, 5.74) is 0.319. The van der Waals surface area contributed by atoms with Gasteiger partial charge in [0, 0.05) is 12.2 Å². The third-order valence-corrected chi connectivity index (χ3v) is 4.67. The number of Topliss-reactive ketones (excluding diaryl/α,β-unsaturated/α-hetero) is 1. The molecule has 116 valence electrons. The van der Waals surface area contributed by atoms with Crippen molar-refractivity contribution in [1.29, 1.82) is 0 Å². The van der Waals surface area contributed by atoms with Gasteiger partial charge >= 0.3 is 0 Å². The van der Waals surface area contributed by atoms with E-state index < -0.39 is 10.0 Å². The van der Waals surface area contributed by atoms with E-state index in [2.05, 4.69) is 4.72 Å². The highest BCUT2D eigenvalue weighted by Gasteiger charge is 2.23. The van der Waals surface area contributed by atoms with Crippen LogP contribution in [0.4, 0.5) is 5.69 Å². The Hall–Kier alpha value is -1.60. The highest BCUT2D eigenvalue weighted by atomic mass is 32.2. The number of ketones is 1. The van der Waals surface area contributed by atoms with Crippen LogP contribution in [0.25, 0.3) is 0 Å². The average Bonchev–Trinajstić information content (AvgIpc) is 2.41. The van der Waals surface area contributed by atoms with E-state index in [1.165, 1.54) is 25.1 Å². The van der Waals surface area contributed by atoms with Crippen molar-refractivity contribution in [2.24, 2.45) is 0 Å². The van der Waals surface area contributed by atoms with Gasteiger partial charge in [0.1, 0.15) is 5.75 Å². The van der Waals surface area contributed by atoms with E-state index >= 15 is 0 Å². The molecule has 21 heavy (non-hydrogen) atoms. The van der Waals surface area contributed by atoms with Crippen molar-refractivity contribution in [3.63, 3.8) is 0 Å².